The third-order valence-electron chi connectivity index (χ3n) is 2.30. The van der Waals surface area contributed by atoms with Crippen molar-refractivity contribution in [3.63, 3.8) is 0 Å². The summed E-state index contributed by atoms with van der Waals surface area (Å²) in [5, 5.41) is 9.48. The highest BCUT2D eigenvalue weighted by atomic mass is 16.3. The largest absolute Gasteiger partial charge is 0.512 e. The van der Waals surface area contributed by atoms with Crippen LogP contribution in [0.25, 0.3) is 0 Å². The molecule has 1 heteroatoms. The standard InChI is InChI=1S/C10H16O/c1-3-5-9-8(2)6-4-7-10(9)11/h4,6-9,11H,3,5H2,1-2H3/t8-,9?/m0/s1. The van der Waals surface area contributed by atoms with Gasteiger partial charge in [0, 0.05) is 5.92 Å². The molecule has 0 bridgehead atoms. The van der Waals surface area contributed by atoms with Crippen LogP contribution < -0.4 is 0 Å². The van der Waals surface area contributed by atoms with E-state index >= 15 is 0 Å². The van der Waals surface area contributed by atoms with Crippen molar-refractivity contribution < 1.29 is 5.11 Å². The lowest BCUT2D eigenvalue weighted by Gasteiger charge is -2.22. The minimum absolute atomic E-state index is 0.366. The van der Waals surface area contributed by atoms with Crippen LogP contribution in [0.1, 0.15) is 26.7 Å². The van der Waals surface area contributed by atoms with Gasteiger partial charge in [0.05, 0.1) is 5.76 Å². The van der Waals surface area contributed by atoms with Crippen molar-refractivity contribution in [1.82, 2.24) is 0 Å². The quantitative estimate of drug-likeness (QED) is 0.644. The van der Waals surface area contributed by atoms with Crippen molar-refractivity contribution in [3.8, 4) is 0 Å². The molecule has 0 aromatic carbocycles. The molecular formula is C10H16O. The van der Waals surface area contributed by atoms with E-state index in [4.69, 9.17) is 0 Å². The maximum atomic E-state index is 9.48. The lowest BCUT2D eigenvalue weighted by Crippen LogP contribution is -2.14. The summed E-state index contributed by atoms with van der Waals surface area (Å²) >= 11 is 0. The number of hydrogen-bond donors (Lipinski definition) is 1. The lowest BCUT2D eigenvalue weighted by atomic mass is 9.85. The lowest BCUT2D eigenvalue weighted by molar-refractivity contribution is 0.278. The predicted octanol–water partition coefficient (Wildman–Crippen LogP) is 3.05. The van der Waals surface area contributed by atoms with Crippen LogP contribution in [0.2, 0.25) is 0 Å². The fraction of sp³-hybridized carbons (Fsp3) is 0.600. The molecule has 1 rings (SSSR count). The van der Waals surface area contributed by atoms with E-state index in [1.165, 1.54) is 0 Å². The predicted molar refractivity (Wildman–Crippen MR) is 47.4 cm³/mol. The van der Waals surface area contributed by atoms with Gasteiger partial charge in [-0.25, -0.2) is 0 Å². The molecule has 62 valence electrons. The van der Waals surface area contributed by atoms with E-state index in [1.807, 2.05) is 6.08 Å². The Balaban J connectivity index is 2.62. The van der Waals surface area contributed by atoms with Gasteiger partial charge < -0.3 is 5.11 Å². The summed E-state index contributed by atoms with van der Waals surface area (Å²) in [6.45, 7) is 4.30. The Hall–Kier alpha value is -0.720. The number of rotatable bonds is 2. The van der Waals surface area contributed by atoms with Gasteiger partial charge in [0.25, 0.3) is 0 Å². The normalized spacial score (nSPS) is 30.2. The van der Waals surface area contributed by atoms with Crippen molar-refractivity contribution in [2.45, 2.75) is 26.7 Å². The Morgan fingerprint density at radius 3 is 2.82 bits per heavy atom. The average molecular weight is 152 g/mol. The first-order valence-corrected chi connectivity index (χ1v) is 4.33. The first-order valence-electron chi connectivity index (χ1n) is 4.33. The van der Waals surface area contributed by atoms with E-state index in [2.05, 4.69) is 19.9 Å². The smallest absolute Gasteiger partial charge is 0.0959 e. The van der Waals surface area contributed by atoms with Crippen LogP contribution in [0.5, 0.6) is 0 Å². The first kappa shape index (κ1) is 8.38. The fourth-order valence-electron chi connectivity index (χ4n) is 1.58. The molecule has 2 atom stereocenters. The molecule has 1 N–H and O–H groups in total. The SMILES string of the molecule is CCCC1C(O)=CC=C[C@@H]1C. The molecule has 0 fully saturated rings. The van der Waals surface area contributed by atoms with Gasteiger partial charge in [0.1, 0.15) is 0 Å². The zero-order valence-corrected chi connectivity index (χ0v) is 7.25. The monoisotopic (exact) mass is 152 g/mol. The Kier molecular flexibility index (Phi) is 2.75. The molecule has 1 nitrogen and oxygen atoms in total. The van der Waals surface area contributed by atoms with Crippen molar-refractivity contribution in [2.24, 2.45) is 11.8 Å². The van der Waals surface area contributed by atoms with E-state index < -0.39 is 0 Å². The van der Waals surface area contributed by atoms with E-state index in [0.29, 0.717) is 17.6 Å². The molecule has 0 saturated heterocycles. The molecule has 0 aliphatic heterocycles. The molecule has 0 aromatic rings. The summed E-state index contributed by atoms with van der Waals surface area (Å²) in [5.41, 5.74) is 0. The topological polar surface area (TPSA) is 20.2 Å². The van der Waals surface area contributed by atoms with Crippen LogP contribution in [-0.2, 0) is 0 Å². The van der Waals surface area contributed by atoms with Gasteiger partial charge >= 0.3 is 0 Å². The number of aliphatic hydroxyl groups is 1. The molecule has 0 aromatic heterocycles. The molecule has 1 aliphatic rings. The molecule has 1 aliphatic carbocycles. The summed E-state index contributed by atoms with van der Waals surface area (Å²) in [7, 11) is 0. The van der Waals surface area contributed by atoms with Gasteiger partial charge in [-0.2, -0.15) is 0 Å². The van der Waals surface area contributed by atoms with Gasteiger partial charge in [-0.05, 0) is 18.4 Å². The highest BCUT2D eigenvalue weighted by molar-refractivity contribution is 5.17. The van der Waals surface area contributed by atoms with Gasteiger partial charge in [-0.15, -0.1) is 0 Å². The molecule has 0 saturated carbocycles. The van der Waals surface area contributed by atoms with E-state index in [-0.39, 0.29) is 0 Å². The summed E-state index contributed by atoms with van der Waals surface area (Å²) in [4.78, 5) is 0. The second-order valence-corrected chi connectivity index (χ2v) is 3.23. The second-order valence-electron chi connectivity index (χ2n) is 3.23. The van der Waals surface area contributed by atoms with Gasteiger partial charge in [-0.1, -0.05) is 32.4 Å². The van der Waals surface area contributed by atoms with Gasteiger partial charge in [-0.3, -0.25) is 0 Å². The maximum Gasteiger partial charge on any atom is 0.0959 e. The van der Waals surface area contributed by atoms with Gasteiger partial charge in [0.15, 0.2) is 0 Å². The second kappa shape index (κ2) is 3.61. The van der Waals surface area contributed by atoms with Crippen molar-refractivity contribution in [2.75, 3.05) is 0 Å². The maximum absolute atomic E-state index is 9.48. The highest BCUT2D eigenvalue weighted by Gasteiger charge is 2.19. The first-order chi connectivity index (χ1) is 5.25. The van der Waals surface area contributed by atoms with Crippen LogP contribution in [0.3, 0.4) is 0 Å². The van der Waals surface area contributed by atoms with Crippen LogP contribution >= 0.6 is 0 Å². The van der Waals surface area contributed by atoms with Gasteiger partial charge in [0.2, 0.25) is 0 Å². The fourth-order valence-corrected chi connectivity index (χ4v) is 1.58. The van der Waals surface area contributed by atoms with Crippen LogP contribution in [0.15, 0.2) is 24.0 Å². The zero-order chi connectivity index (χ0) is 8.27. The Labute approximate surface area is 68.4 Å². The minimum Gasteiger partial charge on any atom is -0.512 e. The highest BCUT2D eigenvalue weighted by Crippen LogP contribution is 2.27. The molecule has 1 unspecified atom stereocenters. The Morgan fingerprint density at radius 2 is 2.27 bits per heavy atom. The van der Waals surface area contributed by atoms with Crippen molar-refractivity contribution in [3.05, 3.63) is 24.0 Å². The Morgan fingerprint density at radius 1 is 1.55 bits per heavy atom. The van der Waals surface area contributed by atoms with E-state index in [1.54, 1.807) is 6.08 Å². The summed E-state index contributed by atoms with van der Waals surface area (Å²) < 4.78 is 0. The molecule has 0 heterocycles. The van der Waals surface area contributed by atoms with Crippen LogP contribution in [0.4, 0.5) is 0 Å². The molecule has 0 amide bonds. The summed E-state index contributed by atoms with van der Waals surface area (Å²) in [6, 6.07) is 0. The van der Waals surface area contributed by atoms with E-state index in [0.717, 1.165) is 12.8 Å². The number of allylic oxidation sites excluding steroid dienone is 4. The van der Waals surface area contributed by atoms with Crippen LogP contribution in [0, 0.1) is 11.8 Å². The number of hydrogen-bond acceptors (Lipinski definition) is 1. The minimum atomic E-state index is 0.366. The third-order valence-corrected chi connectivity index (χ3v) is 2.30. The van der Waals surface area contributed by atoms with Crippen molar-refractivity contribution in [1.29, 1.82) is 0 Å². The summed E-state index contributed by atoms with van der Waals surface area (Å²) in [5.74, 6) is 1.42. The Bertz CT molecular complexity index is 179. The molecule has 11 heavy (non-hydrogen) atoms. The molecular weight excluding hydrogens is 136 g/mol. The summed E-state index contributed by atoms with van der Waals surface area (Å²) in [6.07, 6.45) is 8.13. The molecule has 0 spiro atoms. The average Bonchev–Trinajstić information content (AvgIpc) is 1.97. The molecule has 0 radical (unpaired) electrons. The van der Waals surface area contributed by atoms with Crippen molar-refractivity contribution >= 4 is 0 Å². The zero-order valence-electron chi connectivity index (χ0n) is 7.25. The number of aliphatic hydroxyl groups excluding tert-OH is 1. The third kappa shape index (κ3) is 1.86. The van der Waals surface area contributed by atoms with Crippen LogP contribution in [-0.4, -0.2) is 5.11 Å². The van der Waals surface area contributed by atoms with E-state index in [9.17, 15) is 5.11 Å².